The maximum Gasteiger partial charge on any atom is 0.269 e. The smallest absolute Gasteiger partial charge is 0.258 e. The number of nitrogens with zero attached hydrogens (tertiary/aromatic N) is 1. The van der Waals surface area contributed by atoms with Crippen molar-refractivity contribution >= 4 is 33.2 Å². The van der Waals surface area contributed by atoms with E-state index in [1.54, 1.807) is 0 Å². The first-order valence-electron chi connectivity index (χ1n) is 3.14. The van der Waals surface area contributed by atoms with Gasteiger partial charge in [-0.25, -0.2) is 0 Å². The molecule has 12 heavy (non-hydrogen) atoms. The predicted molar refractivity (Wildman–Crippen MR) is 50.7 cm³/mol. The van der Waals surface area contributed by atoms with Crippen LogP contribution in [0.4, 0.5) is 5.69 Å². The Morgan fingerprint density at radius 1 is 1.58 bits per heavy atom. The van der Waals surface area contributed by atoms with Crippen LogP contribution in [0.3, 0.4) is 0 Å². The average Bonchev–Trinajstić information content (AvgIpc) is 2.05. The van der Waals surface area contributed by atoms with E-state index in [9.17, 15) is 10.1 Å². The molecular weight excluding hydrogens is 245 g/mol. The van der Waals surface area contributed by atoms with Gasteiger partial charge in [0, 0.05) is 22.5 Å². The van der Waals surface area contributed by atoms with Gasteiger partial charge in [-0.1, -0.05) is 27.5 Å². The summed E-state index contributed by atoms with van der Waals surface area (Å²) in [5, 5.41) is 11.4. The molecule has 0 bridgehead atoms. The highest BCUT2D eigenvalue weighted by Crippen LogP contribution is 2.23. The van der Waals surface area contributed by atoms with Crippen molar-refractivity contribution in [2.75, 3.05) is 0 Å². The van der Waals surface area contributed by atoms with Gasteiger partial charge in [0.1, 0.15) is 0 Å². The third-order valence-corrected chi connectivity index (χ3v) is 2.36. The quantitative estimate of drug-likeness (QED) is 0.460. The van der Waals surface area contributed by atoms with Crippen LogP contribution in [0.2, 0.25) is 5.02 Å². The van der Waals surface area contributed by atoms with Crippen LogP contribution < -0.4 is 0 Å². The standard InChI is InChI=1S/C7H5BrClNO2/c8-4-5-3-6(10(11)12)1-2-7(5)9/h1-3H,4H2. The number of benzene rings is 1. The summed E-state index contributed by atoms with van der Waals surface area (Å²) in [6.45, 7) is 0. The number of nitro groups is 1. The highest BCUT2D eigenvalue weighted by Gasteiger charge is 2.07. The lowest BCUT2D eigenvalue weighted by molar-refractivity contribution is -0.384. The van der Waals surface area contributed by atoms with Crippen LogP contribution in [0, 0.1) is 10.1 Å². The molecule has 0 heterocycles. The third kappa shape index (κ3) is 1.95. The molecule has 0 saturated carbocycles. The summed E-state index contributed by atoms with van der Waals surface area (Å²) in [6, 6.07) is 4.36. The third-order valence-electron chi connectivity index (χ3n) is 1.38. The van der Waals surface area contributed by atoms with Gasteiger partial charge in [-0.2, -0.15) is 0 Å². The summed E-state index contributed by atoms with van der Waals surface area (Å²) < 4.78 is 0. The van der Waals surface area contributed by atoms with Gasteiger partial charge in [0.15, 0.2) is 0 Å². The summed E-state index contributed by atoms with van der Waals surface area (Å²) in [6.07, 6.45) is 0. The summed E-state index contributed by atoms with van der Waals surface area (Å²) in [5.41, 5.74) is 0.791. The van der Waals surface area contributed by atoms with Gasteiger partial charge < -0.3 is 0 Å². The Kier molecular flexibility index (Phi) is 3.05. The zero-order valence-corrected chi connectivity index (χ0v) is 8.30. The zero-order chi connectivity index (χ0) is 9.14. The summed E-state index contributed by atoms with van der Waals surface area (Å²) in [7, 11) is 0. The minimum atomic E-state index is -0.442. The van der Waals surface area contributed by atoms with Crippen LogP contribution in [-0.4, -0.2) is 4.92 Å². The molecule has 0 amide bonds. The normalized spacial score (nSPS) is 9.83. The number of rotatable bonds is 2. The molecular formula is C7H5BrClNO2. The van der Waals surface area contributed by atoms with Gasteiger partial charge in [0.2, 0.25) is 0 Å². The number of hydrogen-bond acceptors (Lipinski definition) is 2. The molecule has 0 atom stereocenters. The molecule has 3 nitrogen and oxygen atoms in total. The minimum Gasteiger partial charge on any atom is -0.258 e. The van der Waals surface area contributed by atoms with Gasteiger partial charge >= 0.3 is 0 Å². The average molecular weight is 250 g/mol. The van der Waals surface area contributed by atoms with E-state index in [1.165, 1.54) is 18.2 Å². The fourth-order valence-electron chi connectivity index (χ4n) is 0.777. The molecule has 0 N–H and O–H groups in total. The summed E-state index contributed by atoms with van der Waals surface area (Å²) in [4.78, 5) is 9.89. The maximum absolute atomic E-state index is 10.3. The molecule has 5 heteroatoms. The molecule has 0 aliphatic rings. The Morgan fingerprint density at radius 3 is 2.75 bits per heavy atom. The molecule has 0 spiro atoms. The zero-order valence-electron chi connectivity index (χ0n) is 5.96. The SMILES string of the molecule is O=[N+]([O-])c1ccc(Cl)c(CBr)c1. The van der Waals surface area contributed by atoms with Gasteiger partial charge in [-0.15, -0.1) is 0 Å². The van der Waals surface area contributed by atoms with Crippen LogP contribution in [0.25, 0.3) is 0 Å². The van der Waals surface area contributed by atoms with Gasteiger partial charge in [-0.3, -0.25) is 10.1 Å². The van der Waals surface area contributed by atoms with E-state index in [2.05, 4.69) is 15.9 Å². The molecule has 0 fully saturated rings. The van der Waals surface area contributed by atoms with E-state index >= 15 is 0 Å². The number of hydrogen-bond donors (Lipinski definition) is 0. The molecule has 64 valence electrons. The Labute approximate surface area is 82.6 Å². The Hall–Kier alpha value is -0.610. The van der Waals surface area contributed by atoms with Crippen molar-refractivity contribution in [2.24, 2.45) is 0 Å². The van der Waals surface area contributed by atoms with E-state index in [1.807, 2.05) is 0 Å². The second-order valence-electron chi connectivity index (χ2n) is 2.17. The molecule has 1 aromatic carbocycles. The molecule has 1 rings (SSSR count). The van der Waals surface area contributed by atoms with Gasteiger partial charge in [-0.05, 0) is 11.6 Å². The number of nitro benzene ring substituents is 1. The predicted octanol–water partition coefficient (Wildman–Crippen LogP) is 3.14. The second kappa shape index (κ2) is 3.87. The lowest BCUT2D eigenvalue weighted by atomic mass is 10.2. The Balaban J connectivity index is 3.13. The topological polar surface area (TPSA) is 43.1 Å². The first kappa shape index (κ1) is 9.48. The van der Waals surface area contributed by atoms with Gasteiger partial charge in [0.25, 0.3) is 5.69 Å². The van der Waals surface area contributed by atoms with Crippen molar-refractivity contribution in [3.8, 4) is 0 Å². The molecule has 0 aromatic heterocycles. The van der Waals surface area contributed by atoms with Crippen LogP contribution in [0.1, 0.15) is 5.56 Å². The van der Waals surface area contributed by atoms with Crippen molar-refractivity contribution in [2.45, 2.75) is 5.33 Å². The van der Waals surface area contributed by atoms with Gasteiger partial charge in [0.05, 0.1) is 4.92 Å². The van der Waals surface area contributed by atoms with E-state index < -0.39 is 4.92 Å². The number of alkyl halides is 1. The molecule has 0 radical (unpaired) electrons. The molecule has 0 unspecified atom stereocenters. The minimum absolute atomic E-state index is 0.0638. The largest absolute Gasteiger partial charge is 0.269 e. The number of halogens is 2. The van der Waals surface area contributed by atoms with E-state index in [0.29, 0.717) is 10.4 Å². The first-order valence-corrected chi connectivity index (χ1v) is 4.64. The maximum atomic E-state index is 10.3. The lowest BCUT2D eigenvalue weighted by Gasteiger charge is -1.98. The van der Waals surface area contributed by atoms with Crippen LogP contribution >= 0.6 is 27.5 Å². The van der Waals surface area contributed by atoms with Crippen LogP contribution in [0.5, 0.6) is 0 Å². The molecule has 0 saturated heterocycles. The van der Waals surface area contributed by atoms with E-state index in [4.69, 9.17) is 11.6 Å². The monoisotopic (exact) mass is 249 g/mol. The summed E-state index contributed by atoms with van der Waals surface area (Å²) in [5.74, 6) is 0. The van der Waals surface area contributed by atoms with E-state index in [0.717, 1.165) is 5.56 Å². The van der Waals surface area contributed by atoms with Crippen molar-refractivity contribution in [3.63, 3.8) is 0 Å². The highest BCUT2D eigenvalue weighted by atomic mass is 79.9. The Morgan fingerprint density at radius 2 is 2.25 bits per heavy atom. The van der Waals surface area contributed by atoms with Crippen LogP contribution in [-0.2, 0) is 5.33 Å². The Bertz CT molecular complexity index is 316. The molecule has 0 aliphatic heterocycles. The molecule has 0 aliphatic carbocycles. The van der Waals surface area contributed by atoms with E-state index in [-0.39, 0.29) is 5.69 Å². The van der Waals surface area contributed by atoms with Crippen molar-refractivity contribution in [1.82, 2.24) is 0 Å². The fourth-order valence-corrected chi connectivity index (χ4v) is 1.59. The lowest BCUT2D eigenvalue weighted by Crippen LogP contribution is -1.89. The number of non-ortho nitro benzene ring substituents is 1. The first-order chi connectivity index (χ1) is 5.65. The second-order valence-corrected chi connectivity index (χ2v) is 3.13. The fraction of sp³-hybridized carbons (Fsp3) is 0.143. The van der Waals surface area contributed by atoms with Crippen molar-refractivity contribution < 1.29 is 4.92 Å². The van der Waals surface area contributed by atoms with Crippen LogP contribution in [0.15, 0.2) is 18.2 Å². The van der Waals surface area contributed by atoms with Crippen molar-refractivity contribution in [3.05, 3.63) is 38.9 Å². The van der Waals surface area contributed by atoms with Crippen molar-refractivity contribution in [1.29, 1.82) is 0 Å². The summed E-state index contributed by atoms with van der Waals surface area (Å²) >= 11 is 8.93. The highest BCUT2D eigenvalue weighted by molar-refractivity contribution is 9.08. The molecule has 1 aromatic rings.